The number of fused-ring (bicyclic) bond motifs is 2. The lowest BCUT2D eigenvalue weighted by Gasteiger charge is -2.32. The summed E-state index contributed by atoms with van der Waals surface area (Å²) < 4.78 is 24.1. The van der Waals surface area contributed by atoms with E-state index in [0.29, 0.717) is 46.6 Å². The van der Waals surface area contributed by atoms with Crippen molar-refractivity contribution in [2.45, 2.75) is 64.5 Å². The van der Waals surface area contributed by atoms with Gasteiger partial charge in [-0.15, -0.1) is 0 Å². The van der Waals surface area contributed by atoms with E-state index in [9.17, 15) is 14.4 Å². The zero-order valence-electron chi connectivity index (χ0n) is 33.8. The molecule has 0 aliphatic carbocycles. The Kier molecular flexibility index (Phi) is 9.94. The van der Waals surface area contributed by atoms with E-state index in [1.54, 1.807) is 33.8 Å². The number of carbonyl (C=O) groups is 3. The van der Waals surface area contributed by atoms with Gasteiger partial charge in [0.05, 0.1) is 16.9 Å². The molecule has 306 valence electrons. The van der Waals surface area contributed by atoms with Crippen molar-refractivity contribution in [3.63, 3.8) is 0 Å². The number of piperidine rings is 1. The van der Waals surface area contributed by atoms with Gasteiger partial charge in [0.25, 0.3) is 11.7 Å². The van der Waals surface area contributed by atoms with Gasteiger partial charge in [-0.2, -0.15) is 15.2 Å². The van der Waals surface area contributed by atoms with Crippen LogP contribution in [-0.4, -0.2) is 76.9 Å². The molecule has 9 rings (SSSR count). The average Bonchev–Trinajstić information content (AvgIpc) is 3.99. The second kappa shape index (κ2) is 15.4. The molecule has 4 aromatic heterocycles. The lowest BCUT2D eigenvalue weighted by atomic mass is 9.88. The number of aryl methyl sites for hydroxylation is 1. The summed E-state index contributed by atoms with van der Waals surface area (Å²) in [6, 6.07) is 23.0. The predicted octanol–water partition coefficient (Wildman–Crippen LogP) is 6.53. The van der Waals surface area contributed by atoms with Crippen molar-refractivity contribution in [2.24, 2.45) is 7.05 Å². The number of amides is 4. The number of carbonyl (C=O) groups excluding carboxylic acids is 3. The van der Waals surface area contributed by atoms with Gasteiger partial charge in [0.1, 0.15) is 5.82 Å². The van der Waals surface area contributed by atoms with Gasteiger partial charge in [-0.1, -0.05) is 68.4 Å². The first-order chi connectivity index (χ1) is 28.9. The number of nitrogens with zero attached hydrogens (tertiary/aromatic N) is 9. The Bertz CT molecular complexity index is 2780. The maximum absolute atomic E-state index is 15.4. The van der Waals surface area contributed by atoms with Crippen molar-refractivity contribution in [3.8, 4) is 22.5 Å². The van der Waals surface area contributed by atoms with E-state index in [2.05, 4.69) is 78.2 Å². The van der Waals surface area contributed by atoms with E-state index in [1.807, 2.05) is 38.6 Å². The minimum Gasteiger partial charge on any atom is -0.345 e. The minimum absolute atomic E-state index is 0.0455. The quantitative estimate of drug-likeness (QED) is 0.164. The molecule has 0 unspecified atom stereocenters. The fourth-order valence-corrected chi connectivity index (χ4v) is 7.92. The van der Waals surface area contributed by atoms with Crippen LogP contribution in [0.5, 0.6) is 0 Å². The van der Waals surface area contributed by atoms with Crippen molar-refractivity contribution >= 4 is 40.2 Å². The molecule has 7 aromatic rings. The summed E-state index contributed by atoms with van der Waals surface area (Å²) in [6.07, 6.45) is 4.00. The number of anilines is 1. The SMILES string of the molecule is Cn1nc(N2CCC(=O)NC2=O)c2ccc(C3CCN(Cc4ccc(-c5cc6nccc(-c7ccc(CNC(=O)c8noc(C(C)(C)C)n8)c(F)c7)n6n5)cc4)CC3)cc21. The van der Waals surface area contributed by atoms with Gasteiger partial charge in [0.2, 0.25) is 11.8 Å². The average molecular weight is 810 g/mol. The van der Waals surface area contributed by atoms with Crippen molar-refractivity contribution in [1.29, 1.82) is 0 Å². The van der Waals surface area contributed by atoms with Gasteiger partial charge < -0.3 is 9.84 Å². The molecule has 0 spiro atoms. The van der Waals surface area contributed by atoms with Crippen molar-refractivity contribution in [1.82, 2.24) is 50.1 Å². The van der Waals surface area contributed by atoms with Gasteiger partial charge in [0.15, 0.2) is 11.5 Å². The van der Waals surface area contributed by atoms with Gasteiger partial charge in [-0.25, -0.2) is 18.7 Å². The third-order valence-corrected chi connectivity index (χ3v) is 11.3. The number of nitrogens with one attached hydrogen (secondary N) is 2. The van der Waals surface area contributed by atoms with Crippen molar-refractivity contribution in [3.05, 3.63) is 113 Å². The number of rotatable bonds is 9. The first-order valence-electron chi connectivity index (χ1n) is 20.0. The fraction of sp³-hybridized carbons (Fsp3) is 0.318. The number of likely N-dealkylation sites (tertiary alicyclic amines) is 1. The predicted molar refractivity (Wildman–Crippen MR) is 221 cm³/mol. The van der Waals surface area contributed by atoms with Crippen molar-refractivity contribution < 1.29 is 23.3 Å². The standard InChI is InChI=1S/C44H44FN11O4/c1-44(2,3)42-49-39(52-60-42)41(58)47-24-31-10-9-30(21-33(31)45)35-13-17-46-37-23-34(50-56(35)37)28-7-5-26(6-8-28)25-54-18-14-27(15-19-54)29-11-12-32-36(22-29)53(4)51-40(32)55-20-16-38(57)48-43(55)59/h5-13,17,21-23,27H,14-16,18-20,24-25H2,1-4H3,(H,47,58)(H,48,57,59). The van der Waals surface area contributed by atoms with Crippen LogP contribution in [-0.2, 0) is 30.3 Å². The van der Waals surface area contributed by atoms with Crippen LogP contribution in [0, 0.1) is 5.82 Å². The molecule has 2 fully saturated rings. The molecule has 0 saturated carbocycles. The van der Waals surface area contributed by atoms with E-state index in [-0.39, 0.29) is 24.7 Å². The van der Waals surface area contributed by atoms with Crippen LogP contribution in [0.25, 0.3) is 39.1 Å². The molecule has 0 bridgehead atoms. The van der Waals surface area contributed by atoms with E-state index < -0.39 is 23.2 Å². The van der Waals surface area contributed by atoms with Crippen LogP contribution in [0.3, 0.4) is 0 Å². The highest BCUT2D eigenvalue weighted by atomic mass is 19.1. The Labute approximate surface area is 344 Å². The van der Waals surface area contributed by atoms with Crippen LogP contribution in [0.1, 0.15) is 79.2 Å². The third-order valence-electron chi connectivity index (χ3n) is 11.3. The Morgan fingerprint density at radius 1 is 0.950 bits per heavy atom. The highest BCUT2D eigenvalue weighted by molar-refractivity contribution is 6.08. The van der Waals surface area contributed by atoms with Crippen LogP contribution in [0.15, 0.2) is 83.5 Å². The molecule has 0 radical (unpaired) electrons. The first kappa shape index (κ1) is 38.7. The zero-order chi connectivity index (χ0) is 41.7. The molecule has 2 aliphatic rings. The minimum atomic E-state index is -0.549. The smallest absolute Gasteiger partial charge is 0.329 e. The number of urea groups is 1. The van der Waals surface area contributed by atoms with E-state index in [0.717, 1.165) is 54.6 Å². The Balaban J connectivity index is 0.819. The normalized spacial score (nSPS) is 15.6. The topological polar surface area (TPSA) is 169 Å². The highest BCUT2D eigenvalue weighted by Crippen LogP contribution is 2.34. The second-order valence-corrected chi connectivity index (χ2v) is 16.5. The Morgan fingerprint density at radius 3 is 2.47 bits per heavy atom. The number of halogens is 1. The Hall–Kier alpha value is -6.81. The van der Waals surface area contributed by atoms with Crippen LogP contribution >= 0.6 is 0 Å². The van der Waals surface area contributed by atoms with Gasteiger partial charge >= 0.3 is 6.03 Å². The summed E-state index contributed by atoms with van der Waals surface area (Å²) in [7, 11) is 1.89. The van der Waals surface area contributed by atoms with Crippen molar-refractivity contribution in [2.75, 3.05) is 24.5 Å². The zero-order valence-corrected chi connectivity index (χ0v) is 33.8. The monoisotopic (exact) mass is 809 g/mol. The van der Waals surface area contributed by atoms with E-state index in [4.69, 9.17) is 9.62 Å². The van der Waals surface area contributed by atoms with Crippen LogP contribution in [0.2, 0.25) is 0 Å². The summed E-state index contributed by atoms with van der Waals surface area (Å²) in [5.74, 6) is -0.0452. The van der Waals surface area contributed by atoms with E-state index in [1.165, 1.54) is 17.2 Å². The summed E-state index contributed by atoms with van der Waals surface area (Å²) >= 11 is 0. The molecule has 60 heavy (non-hydrogen) atoms. The summed E-state index contributed by atoms with van der Waals surface area (Å²) in [6.45, 7) is 8.76. The molecule has 15 nitrogen and oxygen atoms in total. The number of hydrogen-bond donors (Lipinski definition) is 2. The maximum atomic E-state index is 15.4. The Morgan fingerprint density at radius 2 is 1.73 bits per heavy atom. The molecule has 16 heteroatoms. The fourth-order valence-electron chi connectivity index (χ4n) is 7.92. The van der Waals surface area contributed by atoms with Gasteiger partial charge in [-0.05, 0) is 67.2 Å². The molecule has 2 saturated heterocycles. The summed E-state index contributed by atoms with van der Waals surface area (Å²) in [4.78, 5) is 49.5. The molecule has 3 aromatic carbocycles. The molecular weight excluding hydrogens is 766 g/mol. The van der Waals surface area contributed by atoms with Crippen LogP contribution in [0.4, 0.5) is 15.0 Å². The summed E-state index contributed by atoms with van der Waals surface area (Å²) in [5.41, 5.74) is 6.99. The number of aromatic nitrogens is 7. The molecule has 2 aliphatic heterocycles. The molecule has 0 atom stereocenters. The molecule has 2 N–H and O–H groups in total. The van der Waals surface area contributed by atoms with Crippen LogP contribution < -0.4 is 15.5 Å². The highest BCUT2D eigenvalue weighted by Gasteiger charge is 2.29. The summed E-state index contributed by atoms with van der Waals surface area (Å²) in [5, 5.41) is 19.2. The third kappa shape index (κ3) is 7.61. The molecule has 6 heterocycles. The molecular formula is C44H44FN11O4. The molecule has 4 amide bonds. The second-order valence-electron chi connectivity index (χ2n) is 16.5. The van der Waals surface area contributed by atoms with Gasteiger partial charge in [-0.3, -0.25) is 29.4 Å². The largest absolute Gasteiger partial charge is 0.345 e. The van der Waals surface area contributed by atoms with Gasteiger partial charge in [0, 0.05) is 72.9 Å². The van der Waals surface area contributed by atoms with E-state index >= 15 is 4.39 Å². The lowest BCUT2D eigenvalue weighted by Crippen LogP contribution is -2.49. The number of benzene rings is 3. The lowest BCUT2D eigenvalue weighted by molar-refractivity contribution is -0.120. The number of hydrogen-bond acceptors (Lipinski definition) is 10. The number of imide groups is 1. The first-order valence-corrected chi connectivity index (χ1v) is 20.0. The maximum Gasteiger partial charge on any atom is 0.329 e.